The van der Waals surface area contributed by atoms with Crippen LogP contribution < -0.4 is 0 Å². The lowest BCUT2D eigenvalue weighted by Gasteiger charge is -2.67. The molecular formula is C23H31NO4. The zero-order valence-corrected chi connectivity index (χ0v) is 17.1. The van der Waals surface area contributed by atoms with E-state index in [0.29, 0.717) is 11.8 Å². The van der Waals surface area contributed by atoms with Crippen LogP contribution in [0.2, 0.25) is 0 Å². The van der Waals surface area contributed by atoms with Crippen LogP contribution in [0.4, 0.5) is 0 Å². The fraction of sp³-hybridized carbons (Fsp3) is 0.870. The summed E-state index contributed by atoms with van der Waals surface area (Å²) in [5.74, 6) is 1.24. The van der Waals surface area contributed by atoms with Gasteiger partial charge in [-0.05, 0) is 50.4 Å². The standard InChI is InChI=1S/C23H31NO4/c1-11-10-24-19-15-7-5-12-4-6-13-14(20(25)27-3)9-22(18(12)13)21(15,2)17(28-19)8-16(11)23(22,24)26/h11,13-17,19,26H,4-10H2,1-3H3. The molecule has 0 aromatic carbocycles. The maximum atomic E-state index is 12.9. The molecule has 0 aromatic heterocycles. The largest absolute Gasteiger partial charge is 0.469 e. The summed E-state index contributed by atoms with van der Waals surface area (Å²) < 4.78 is 12.0. The number of ether oxygens (including phenoxy) is 2. The minimum atomic E-state index is -0.869. The van der Waals surface area contributed by atoms with Crippen molar-refractivity contribution >= 4 is 5.97 Å². The number of methoxy groups -OCH3 is 1. The molecule has 5 heteroatoms. The molecule has 7 aliphatic rings. The van der Waals surface area contributed by atoms with Crippen LogP contribution in [-0.2, 0) is 14.3 Å². The monoisotopic (exact) mass is 385 g/mol. The van der Waals surface area contributed by atoms with Gasteiger partial charge in [0.25, 0.3) is 0 Å². The van der Waals surface area contributed by atoms with Gasteiger partial charge in [-0.3, -0.25) is 4.79 Å². The molecule has 3 heterocycles. The maximum absolute atomic E-state index is 12.9. The van der Waals surface area contributed by atoms with Gasteiger partial charge in [-0.25, -0.2) is 4.90 Å². The Balaban J connectivity index is 1.56. The van der Waals surface area contributed by atoms with Gasteiger partial charge >= 0.3 is 5.97 Å². The fourth-order valence-electron chi connectivity index (χ4n) is 9.95. The second-order valence-corrected chi connectivity index (χ2v) is 11.0. The SMILES string of the molecule is COC(=O)C1CC23C4=C(CCC41)CCC1C4OC(CC5C(C)CN4C52O)C13C. The van der Waals surface area contributed by atoms with Gasteiger partial charge in [0.1, 0.15) is 12.0 Å². The molecule has 0 aromatic rings. The lowest BCUT2D eigenvalue weighted by atomic mass is 9.42. The Morgan fingerprint density at radius 3 is 2.86 bits per heavy atom. The summed E-state index contributed by atoms with van der Waals surface area (Å²) in [6, 6.07) is 0. The van der Waals surface area contributed by atoms with Gasteiger partial charge in [-0.1, -0.05) is 25.0 Å². The maximum Gasteiger partial charge on any atom is 0.309 e. The van der Waals surface area contributed by atoms with Gasteiger partial charge in [0, 0.05) is 29.2 Å². The molecule has 2 saturated carbocycles. The van der Waals surface area contributed by atoms with Crippen molar-refractivity contribution in [1.82, 2.24) is 4.90 Å². The first kappa shape index (κ1) is 16.8. The van der Waals surface area contributed by atoms with Crippen molar-refractivity contribution < 1.29 is 19.4 Å². The van der Waals surface area contributed by atoms with Crippen LogP contribution in [0.25, 0.3) is 0 Å². The van der Waals surface area contributed by atoms with E-state index in [1.165, 1.54) is 19.1 Å². The predicted octanol–water partition coefficient (Wildman–Crippen LogP) is 2.69. The summed E-state index contributed by atoms with van der Waals surface area (Å²) in [6.45, 7) is 5.65. The third kappa shape index (κ3) is 1.34. The Bertz CT molecular complexity index is 838. The fourth-order valence-corrected chi connectivity index (χ4v) is 9.95. The Morgan fingerprint density at radius 2 is 2.07 bits per heavy atom. The molecule has 5 bridgehead atoms. The highest BCUT2D eigenvalue weighted by atomic mass is 16.5. The summed E-state index contributed by atoms with van der Waals surface area (Å²) in [5.41, 5.74) is 1.76. The molecule has 152 valence electrons. The summed E-state index contributed by atoms with van der Waals surface area (Å²) in [7, 11) is 1.52. The molecule has 1 N–H and O–H groups in total. The minimum Gasteiger partial charge on any atom is -0.469 e. The lowest BCUT2D eigenvalue weighted by Crippen LogP contribution is -2.75. The predicted molar refractivity (Wildman–Crippen MR) is 101 cm³/mol. The summed E-state index contributed by atoms with van der Waals surface area (Å²) in [5, 5.41) is 12.7. The van der Waals surface area contributed by atoms with Crippen molar-refractivity contribution in [2.24, 2.45) is 40.4 Å². The molecular weight excluding hydrogens is 354 g/mol. The number of aliphatic hydroxyl groups is 1. The number of piperidine rings is 1. The highest BCUT2D eigenvalue weighted by Crippen LogP contribution is 2.82. The molecule has 4 aliphatic carbocycles. The number of hydrogen-bond acceptors (Lipinski definition) is 5. The highest BCUT2D eigenvalue weighted by molar-refractivity contribution is 5.75. The second kappa shape index (κ2) is 4.70. The summed E-state index contributed by atoms with van der Waals surface area (Å²) >= 11 is 0. The Kier molecular flexibility index (Phi) is 2.83. The number of fused-ring (bicyclic) bond motifs is 1. The normalized spacial score (nSPS) is 60.4. The van der Waals surface area contributed by atoms with E-state index in [0.717, 1.165) is 38.6 Å². The molecule has 1 spiro atoms. The number of hydrogen-bond donors (Lipinski definition) is 1. The van der Waals surface area contributed by atoms with E-state index in [1.807, 2.05) is 0 Å². The average Bonchev–Trinajstić information content (AvgIpc) is 3.32. The topological polar surface area (TPSA) is 59.0 Å². The van der Waals surface area contributed by atoms with Gasteiger partial charge in [0.15, 0.2) is 0 Å². The average molecular weight is 386 g/mol. The van der Waals surface area contributed by atoms with E-state index < -0.39 is 5.72 Å². The van der Waals surface area contributed by atoms with Gasteiger partial charge in [-0.2, -0.15) is 0 Å². The van der Waals surface area contributed by atoms with Crippen LogP contribution in [0.3, 0.4) is 0 Å². The molecule has 5 fully saturated rings. The van der Waals surface area contributed by atoms with Crippen LogP contribution in [0.15, 0.2) is 11.1 Å². The third-order valence-corrected chi connectivity index (χ3v) is 10.8. The van der Waals surface area contributed by atoms with Crippen molar-refractivity contribution in [2.75, 3.05) is 13.7 Å². The quantitative estimate of drug-likeness (QED) is 0.556. The van der Waals surface area contributed by atoms with Crippen LogP contribution in [0.5, 0.6) is 0 Å². The smallest absolute Gasteiger partial charge is 0.309 e. The number of carbonyl (C=O) groups is 1. The van der Waals surface area contributed by atoms with E-state index in [4.69, 9.17) is 9.47 Å². The number of allylic oxidation sites excluding steroid dienone is 1. The molecule has 10 atom stereocenters. The first-order chi connectivity index (χ1) is 13.4. The van der Waals surface area contributed by atoms with E-state index >= 15 is 0 Å². The minimum absolute atomic E-state index is 0.0521. The van der Waals surface area contributed by atoms with Crippen LogP contribution in [-0.4, -0.2) is 47.7 Å². The summed E-state index contributed by atoms with van der Waals surface area (Å²) in [4.78, 5) is 15.2. The zero-order valence-electron chi connectivity index (χ0n) is 17.1. The Morgan fingerprint density at radius 1 is 1.29 bits per heavy atom. The van der Waals surface area contributed by atoms with Crippen molar-refractivity contribution in [3.63, 3.8) is 0 Å². The second-order valence-electron chi connectivity index (χ2n) is 11.0. The summed E-state index contributed by atoms with van der Waals surface area (Å²) in [6.07, 6.45) is 6.41. The third-order valence-electron chi connectivity index (χ3n) is 10.8. The zero-order chi connectivity index (χ0) is 19.2. The number of esters is 1. The van der Waals surface area contributed by atoms with Crippen LogP contribution >= 0.6 is 0 Å². The molecule has 7 rings (SSSR count). The van der Waals surface area contributed by atoms with Crippen molar-refractivity contribution in [2.45, 2.75) is 70.4 Å². The number of rotatable bonds is 1. The van der Waals surface area contributed by atoms with E-state index in [1.54, 1.807) is 5.57 Å². The molecule has 3 saturated heterocycles. The van der Waals surface area contributed by atoms with Crippen molar-refractivity contribution in [3.05, 3.63) is 11.1 Å². The van der Waals surface area contributed by atoms with Gasteiger partial charge in [0.05, 0.1) is 19.1 Å². The van der Waals surface area contributed by atoms with Gasteiger partial charge in [-0.15, -0.1) is 0 Å². The molecule has 3 aliphatic heterocycles. The molecule has 28 heavy (non-hydrogen) atoms. The Hall–Kier alpha value is -0.910. The van der Waals surface area contributed by atoms with Crippen LogP contribution in [0.1, 0.15) is 52.4 Å². The van der Waals surface area contributed by atoms with E-state index in [-0.39, 0.29) is 46.9 Å². The van der Waals surface area contributed by atoms with Crippen molar-refractivity contribution in [1.29, 1.82) is 0 Å². The number of nitrogens with zero attached hydrogens (tertiary/aromatic N) is 1. The Labute approximate surface area is 166 Å². The highest BCUT2D eigenvalue weighted by Gasteiger charge is 2.87. The lowest BCUT2D eigenvalue weighted by molar-refractivity contribution is -0.291. The van der Waals surface area contributed by atoms with Gasteiger partial charge in [0.2, 0.25) is 0 Å². The molecule has 0 amide bonds. The first-order valence-corrected chi connectivity index (χ1v) is 11.3. The van der Waals surface area contributed by atoms with Gasteiger partial charge < -0.3 is 14.6 Å². The van der Waals surface area contributed by atoms with Crippen molar-refractivity contribution in [3.8, 4) is 0 Å². The van der Waals surface area contributed by atoms with Crippen LogP contribution in [0, 0.1) is 40.4 Å². The van der Waals surface area contributed by atoms with E-state index in [2.05, 4.69) is 18.7 Å². The first-order valence-electron chi connectivity index (χ1n) is 11.3. The molecule has 5 nitrogen and oxygen atoms in total. The van der Waals surface area contributed by atoms with E-state index in [9.17, 15) is 9.90 Å². The molecule has 10 unspecified atom stereocenters. The molecule has 0 radical (unpaired) electrons. The number of carbonyl (C=O) groups excluding carboxylic acids is 1.